The average Bonchev–Trinajstić information content (AvgIpc) is 2.67. The van der Waals surface area contributed by atoms with E-state index in [-0.39, 0.29) is 0 Å². The molecule has 0 fully saturated rings. The predicted molar refractivity (Wildman–Crippen MR) is 107 cm³/mol. The zero-order valence-corrected chi connectivity index (χ0v) is 19.8. The third-order valence-corrected chi connectivity index (χ3v) is 11.3. The molecule has 26 heavy (non-hydrogen) atoms. The summed E-state index contributed by atoms with van der Waals surface area (Å²) in [6, 6.07) is 10.6. The molecule has 0 atom stereocenters. The van der Waals surface area contributed by atoms with Crippen molar-refractivity contribution in [2.75, 3.05) is 19.8 Å². The van der Waals surface area contributed by atoms with Crippen LogP contribution in [0.3, 0.4) is 0 Å². The molecule has 0 saturated carbocycles. The van der Waals surface area contributed by atoms with E-state index in [4.69, 9.17) is 8.44 Å². The molecule has 0 aliphatic heterocycles. The molecule has 0 N–H and O–H groups in total. The summed E-state index contributed by atoms with van der Waals surface area (Å²) in [5.74, 6) is 0. The Morgan fingerprint density at radius 3 is 1.42 bits per heavy atom. The van der Waals surface area contributed by atoms with Gasteiger partial charge in [-0.3, -0.25) is 0 Å². The monoisotopic (exact) mass is 442 g/mol. The number of hydrogen-bond donors (Lipinski definition) is 0. The topological polar surface area (TPSA) is 27.7 Å². The quantitative estimate of drug-likeness (QED) is 0.251. The third kappa shape index (κ3) is 11.0. The number of rotatable bonds is 17. The molecule has 0 spiro atoms. The van der Waals surface area contributed by atoms with E-state index in [1.54, 1.807) is 0 Å². The summed E-state index contributed by atoms with van der Waals surface area (Å²) < 4.78 is 20.2. The summed E-state index contributed by atoms with van der Waals surface area (Å²) in [6.45, 7) is 9.00. The van der Waals surface area contributed by atoms with Crippen molar-refractivity contribution in [1.29, 1.82) is 0 Å². The van der Waals surface area contributed by atoms with Crippen molar-refractivity contribution in [3.8, 4) is 0 Å². The second-order valence-corrected chi connectivity index (χ2v) is 13.4. The molecule has 0 aromatic heterocycles. The molecule has 0 aliphatic rings. The van der Waals surface area contributed by atoms with Gasteiger partial charge in [-0.25, -0.2) is 0 Å². The normalized spacial score (nSPS) is 11.8. The van der Waals surface area contributed by atoms with Crippen LogP contribution in [0.2, 0.25) is 0 Å². The van der Waals surface area contributed by atoms with Crippen molar-refractivity contribution in [3.63, 3.8) is 0 Å². The Morgan fingerprint density at radius 1 is 0.615 bits per heavy atom. The third-order valence-electron chi connectivity index (χ3n) is 4.47. The summed E-state index contributed by atoms with van der Waals surface area (Å²) in [5.41, 5.74) is 1.28. The van der Waals surface area contributed by atoms with Crippen molar-refractivity contribution >= 4 is 0 Å². The standard InChI is InChI=1S/C7H7.3C5H11O.Zr/c1-7-5-3-2-4-6-7;3*1-2-3-4-5-6;/h2-6H,1H2;3*2-5H2,1H3;/q;3*-1;+3. The van der Waals surface area contributed by atoms with Crippen LogP contribution in [0, 0.1) is 0 Å². The SMILES string of the molecule is CCCCC[O][Zr]([CH2]c1ccccc1)([O]CCCCC)[O]CCCCC. The molecule has 0 radical (unpaired) electrons. The molecule has 3 nitrogen and oxygen atoms in total. The maximum atomic E-state index is 6.46. The van der Waals surface area contributed by atoms with Gasteiger partial charge in [0.25, 0.3) is 0 Å². The first kappa shape index (κ1) is 24.0. The molecule has 0 bridgehead atoms. The Balaban J connectivity index is 2.77. The van der Waals surface area contributed by atoms with Gasteiger partial charge in [0, 0.05) is 0 Å². The Kier molecular flexibility index (Phi) is 14.8. The van der Waals surface area contributed by atoms with Gasteiger partial charge in [0.15, 0.2) is 0 Å². The van der Waals surface area contributed by atoms with E-state index in [0.29, 0.717) is 0 Å². The fourth-order valence-corrected chi connectivity index (χ4v) is 9.40. The van der Waals surface area contributed by atoms with Gasteiger partial charge in [-0.1, -0.05) is 0 Å². The minimum absolute atomic E-state index is 0.776. The molecule has 0 unspecified atom stereocenters. The van der Waals surface area contributed by atoms with Crippen LogP contribution in [-0.2, 0) is 34.2 Å². The first-order chi connectivity index (χ1) is 12.8. The molecular weight excluding hydrogens is 403 g/mol. The van der Waals surface area contributed by atoms with Crippen molar-refractivity contribution < 1.29 is 30.0 Å². The van der Waals surface area contributed by atoms with Crippen LogP contribution in [0.25, 0.3) is 0 Å². The van der Waals surface area contributed by atoms with Gasteiger partial charge in [0.2, 0.25) is 0 Å². The van der Waals surface area contributed by atoms with Gasteiger partial charge in [0.1, 0.15) is 0 Å². The first-order valence-corrected chi connectivity index (χ1v) is 15.5. The van der Waals surface area contributed by atoms with Crippen molar-refractivity contribution in [1.82, 2.24) is 0 Å². The minimum atomic E-state index is -3.58. The van der Waals surface area contributed by atoms with Crippen LogP contribution in [0.5, 0.6) is 0 Å². The van der Waals surface area contributed by atoms with E-state index in [2.05, 4.69) is 51.1 Å². The summed E-state index contributed by atoms with van der Waals surface area (Å²) in [5, 5.41) is 0. The summed E-state index contributed by atoms with van der Waals surface area (Å²) in [7, 11) is 0. The van der Waals surface area contributed by atoms with E-state index in [9.17, 15) is 0 Å². The molecule has 150 valence electrons. The molecular formula is C22H40O3Zr. The van der Waals surface area contributed by atoms with Crippen molar-refractivity contribution in [3.05, 3.63) is 35.9 Å². The molecule has 0 amide bonds. The second-order valence-electron chi connectivity index (χ2n) is 7.01. The molecule has 1 aromatic rings. The van der Waals surface area contributed by atoms with E-state index in [0.717, 1.165) is 43.2 Å². The second kappa shape index (κ2) is 16.0. The van der Waals surface area contributed by atoms with Crippen LogP contribution in [0.4, 0.5) is 0 Å². The summed E-state index contributed by atoms with van der Waals surface area (Å²) in [4.78, 5) is 0. The van der Waals surface area contributed by atoms with E-state index >= 15 is 0 Å². The number of hydrogen-bond acceptors (Lipinski definition) is 3. The summed E-state index contributed by atoms with van der Waals surface area (Å²) in [6.07, 6.45) is 10.5. The molecule has 0 saturated heterocycles. The van der Waals surface area contributed by atoms with Crippen LogP contribution < -0.4 is 0 Å². The zero-order valence-electron chi connectivity index (χ0n) is 17.3. The molecule has 0 heterocycles. The number of unbranched alkanes of at least 4 members (excludes halogenated alkanes) is 6. The van der Waals surface area contributed by atoms with Gasteiger partial charge >= 0.3 is 168 Å². The Labute approximate surface area is 168 Å². The zero-order chi connectivity index (χ0) is 18.9. The molecule has 1 rings (SSSR count). The summed E-state index contributed by atoms with van der Waals surface area (Å²) >= 11 is -3.58. The van der Waals surface area contributed by atoms with Gasteiger partial charge < -0.3 is 0 Å². The fraction of sp³-hybridized carbons (Fsp3) is 0.727. The van der Waals surface area contributed by atoms with Gasteiger partial charge in [-0.15, -0.1) is 0 Å². The first-order valence-electron chi connectivity index (χ1n) is 10.7. The van der Waals surface area contributed by atoms with Crippen LogP contribution in [-0.4, -0.2) is 19.8 Å². The van der Waals surface area contributed by atoms with Crippen LogP contribution in [0.1, 0.15) is 84.1 Å². The van der Waals surface area contributed by atoms with Crippen molar-refractivity contribution in [2.24, 2.45) is 0 Å². The van der Waals surface area contributed by atoms with E-state index in [1.165, 1.54) is 44.1 Å². The van der Waals surface area contributed by atoms with Crippen LogP contribution in [0.15, 0.2) is 30.3 Å². The fourth-order valence-electron chi connectivity index (χ4n) is 2.86. The van der Waals surface area contributed by atoms with Gasteiger partial charge in [0.05, 0.1) is 0 Å². The Hall–Kier alpha value is -0.0169. The van der Waals surface area contributed by atoms with Crippen molar-refractivity contribution in [2.45, 2.75) is 82.7 Å². The van der Waals surface area contributed by atoms with Gasteiger partial charge in [-0.2, -0.15) is 0 Å². The maximum absolute atomic E-state index is 6.46. The Bertz CT molecular complexity index is 393. The number of benzene rings is 1. The molecule has 1 aromatic carbocycles. The van der Waals surface area contributed by atoms with Gasteiger partial charge in [-0.05, 0) is 0 Å². The molecule has 4 heteroatoms. The average molecular weight is 444 g/mol. The Morgan fingerprint density at radius 2 is 1.04 bits per heavy atom. The predicted octanol–water partition coefficient (Wildman–Crippen LogP) is 6.71. The van der Waals surface area contributed by atoms with E-state index in [1.807, 2.05) is 0 Å². The van der Waals surface area contributed by atoms with Crippen LogP contribution >= 0.6 is 0 Å². The molecule has 0 aliphatic carbocycles. The van der Waals surface area contributed by atoms with E-state index < -0.39 is 21.6 Å².